The Kier molecular flexibility index (Phi) is 35.6. The second-order valence-electron chi connectivity index (χ2n) is 31.3. The molecule has 690 valence electrons. The lowest BCUT2D eigenvalue weighted by atomic mass is 9.98. The number of furan rings is 6. The highest BCUT2D eigenvalue weighted by molar-refractivity contribution is 14.1. The Morgan fingerprint density at radius 3 is 0.719 bits per heavy atom. The van der Waals surface area contributed by atoms with Crippen LogP contribution in [-0.2, 0) is 38.5 Å². The number of carbonyl (C=O) groups is 6. The summed E-state index contributed by atoms with van der Waals surface area (Å²) in [5, 5.41) is 72.8. The number of ketones is 6. The number of fused-ring (bicyclic) bond motifs is 6. The molecule has 0 bridgehead atoms. The molecule has 0 aliphatic rings. The van der Waals surface area contributed by atoms with Crippen LogP contribution in [0.1, 0.15) is 204 Å². The highest BCUT2D eigenvalue weighted by atomic mass is 127. The summed E-state index contributed by atoms with van der Waals surface area (Å²) in [6, 6.07) is 71.4. The maximum Gasteiger partial charge on any atom is 0.197 e. The third kappa shape index (κ3) is 23.7. The lowest BCUT2D eigenvalue weighted by Crippen LogP contribution is -2.07. The van der Waals surface area contributed by atoms with Crippen LogP contribution < -0.4 is 0 Å². The van der Waals surface area contributed by atoms with Gasteiger partial charge in [0, 0.05) is 104 Å². The zero-order chi connectivity index (χ0) is 96.7. The fourth-order valence-corrected chi connectivity index (χ4v) is 21.7. The molecule has 6 heterocycles. The van der Waals surface area contributed by atoms with Crippen molar-refractivity contribution in [3.63, 3.8) is 0 Å². The lowest BCUT2D eigenvalue weighted by Gasteiger charge is -2.07. The van der Waals surface area contributed by atoms with Crippen LogP contribution in [0.5, 0.6) is 34.5 Å². The zero-order valence-corrected chi connectivity index (χ0v) is 89.6. The average molecular weight is 2610 g/mol. The van der Waals surface area contributed by atoms with E-state index in [9.17, 15) is 64.5 Å². The Bertz CT molecular complexity index is 7220. The number of hydrogen-bond donors (Lipinski definition) is 7. The van der Waals surface area contributed by atoms with Crippen molar-refractivity contribution in [2.24, 2.45) is 0 Å². The molecule has 0 amide bonds. The number of para-hydroxylation sites is 6. The fraction of sp³-hybridized carbons (Fsp3) is 0.167. The summed E-state index contributed by atoms with van der Waals surface area (Å²) in [6.45, 7) is 11.8. The van der Waals surface area contributed by atoms with Crippen molar-refractivity contribution in [1.82, 2.24) is 0 Å². The number of hydrogen-bond acceptors (Lipinski definition) is 19. The summed E-state index contributed by atoms with van der Waals surface area (Å²) in [6.07, 6.45) is 8.04. The molecule has 0 saturated heterocycles. The smallest absolute Gasteiger partial charge is 0.197 e. The van der Waals surface area contributed by atoms with Gasteiger partial charge in [0.2, 0.25) is 0 Å². The van der Waals surface area contributed by atoms with E-state index in [0.29, 0.717) is 163 Å². The van der Waals surface area contributed by atoms with E-state index in [-0.39, 0.29) is 69.2 Å². The molecule has 19 nitrogen and oxygen atoms in total. The van der Waals surface area contributed by atoms with Gasteiger partial charge in [-0.15, -0.1) is 0 Å². The maximum atomic E-state index is 13.2. The topological polar surface area (TPSA) is 323 Å². The van der Waals surface area contributed by atoms with Crippen molar-refractivity contribution in [2.75, 3.05) is 0 Å². The quantitative estimate of drug-likeness (QED) is 0.0218. The van der Waals surface area contributed by atoms with Gasteiger partial charge in [0.25, 0.3) is 0 Å². The Labute approximate surface area is 876 Å². The predicted molar refractivity (Wildman–Crippen MR) is 584 cm³/mol. The molecule has 0 aliphatic heterocycles. The van der Waals surface area contributed by atoms with Gasteiger partial charge in [-0.05, 0) is 327 Å². The van der Waals surface area contributed by atoms with Gasteiger partial charge >= 0.3 is 0 Å². The Balaban J connectivity index is 0.000000137. The van der Waals surface area contributed by atoms with Gasteiger partial charge in [0.1, 0.15) is 103 Å². The first-order valence-electron chi connectivity index (χ1n) is 43.2. The van der Waals surface area contributed by atoms with Gasteiger partial charge in [0.15, 0.2) is 34.7 Å². The van der Waals surface area contributed by atoms with Gasteiger partial charge in [-0.1, -0.05) is 157 Å². The third-order valence-electron chi connectivity index (χ3n) is 22.0. The van der Waals surface area contributed by atoms with Gasteiger partial charge < -0.3 is 62.2 Å². The van der Waals surface area contributed by atoms with Crippen molar-refractivity contribution in [1.29, 1.82) is 0 Å². The van der Waals surface area contributed by atoms with Crippen LogP contribution in [-0.4, -0.2) is 76.5 Å². The highest BCUT2D eigenvalue weighted by Gasteiger charge is 2.30. The molecule has 1 atom stereocenters. The number of aliphatic hydroxyl groups excluding tert-OH is 1. The first-order chi connectivity index (χ1) is 64.9. The molecule has 0 spiro atoms. The number of unbranched alkanes of at least 4 members (excludes halogenated alkanes) is 2. The van der Waals surface area contributed by atoms with Crippen LogP contribution in [0, 0.1) is 21.4 Å². The van der Waals surface area contributed by atoms with Crippen LogP contribution in [0.25, 0.3) is 65.8 Å². The monoisotopic (exact) mass is 2610 g/mol. The van der Waals surface area contributed by atoms with Gasteiger partial charge in [-0.2, -0.15) is 0 Å². The normalized spacial score (nSPS) is 11.3. The molecular formula is C108H88Br2I6O19. The van der Waals surface area contributed by atoms with E-state index in [2.05, 4.69) is 45.7 Å². The standard InChI is InChI=1S/C19H16I2O4.C19H16I2O3.C19H18O3.C17H12Br2O3.C17H12I2O3.C17H14O3/c1-10(22)6-7-16-17(12-4-2-3-5-15(12)25-16)18(23)11-8-13(20)19(24)14(21)9-11;1-2-3-7-16-17(12-6-4-5-8-15(12)24-16)18(22)11-9-13(20)19(23)14(21)10-11;1-2-3-7-17-18(15-6-4-5-8-16(15)22-17)19(21)13-9-11-14(20)12-10-13;2*1-2-13-15(10-5-3-4-6-14(10)22-13)16(20)9-7-11(18)17(21)12(19)8-9;1-2-14-16(13-5-3-4-6-15(13)20-14)17(19)11-7-9-12(18)10-8-11/h2-5,8-10,22,24H,6-7H2,1H3;4-6,8-10,23H,2-3,7H2,1H3;4-6,8-12,20H,2-3,7H2,1H3;2*3-8,21H,2H2,1H3;3-10,18H,2H2,1H3. The molecular weight excluding hydrogens is 2520 g/mol. The van der Waals surface area contributed by atoms with E-state index >= 15 is 0 Å². The lowest BCUT2D eigenvalue weighted by molar-refractivity contribution is 0.102. The molecule has 27 heteroatoms. The van der Waals surface area contributed by atoms with E-state index in [4.69, 9.17) is 26.5 Å². The number of phenols is 6. The maximum absolute atomic E-state index is 13.2. The summed E-state index contributed by atoms with van der Waals surface area (Å²) >= 11 is 18.7. The Morgan fingerprint density at radius 2 is 0.489 bits per heavy atom. The van der Waals surface area contributed by atoms with Crippen molar-refractivity contribution < 1.29 is 91.0 Å². The number of carbonyl (C=O) groups excluding carboxylic acids is 6. The summed E-state index contributed by atoms with van der Waals surface area (Å²) in [7, 11) is 0. The van der Waals surface area contributed by atoms with Crippen molar-refractivity contribution in [3.8, 4) is 34.5 Å². The summed E-state index contributed by atoms with van der Waals surface area (Å²) in [4.78, 5) is 77.8. The SMILES string of the molecule is CC(O)CCc1oc2ccccc2c1C(=O)c1cc(I)c(O)c(I)c1.CCCCc1oc2ccccc2c1C(=O)c1cc(I)c(O)c(I)c1.CCCCc1oc2ccccc2c1C(=O)c1ccc(O)cc1.CCc1oc2ccccc2c1C(=O)c1cc(Br)c(O)c(Br)c1.CCc1oc2ccccc2c1C(=O)c1cc(I)c(O)c(I)c1.CCc1oc2ccccc2c1C(=O)c1ccc(O)cc1. The van der Waals surface area contributed by atoms with Crippen molar-refractivity contribution in [2.45, 2.75) is 118 Å². The fourth-order valence-electron chi connectivity index (χ4n) is 15.2. The van der Waals surface area contributed by atoms with Crippen molar-refractivity contribution >= 4 is 268 Å². The van der Waals surface area contributed by atoms with Crippen molar-refractivity contribution in [3.05, 3.63) is 374 Å². The van der Waals surface area contributed by atoms with E-state index in [0.717, 1.165) is 105 Å². The minimum Gasteiger partial charge on any atom is -0.508 e. The molecule has 1 unspecified atom stereocenters. The summed E-state index contributed by atoms with van der Waals surface area (Å²) < 4.78 is 39.9. The molecule has 18 aromatic rings. The molecule has 0 fully saturated rings. The molecule has 18 rings (SSSR count). The molecule has 0 radical (unpaired) electrons. The second-order valence-corrected chi connectivity index (χ2v) is 39.9. The molecule has 12 aromatic carbocycles. The summed E-state index contributed by atoms with van der Waals surface area (Å²) in [5.41, 5.74) is 11.2. The third-order valence-corrected chi connectivity index (χ3v) is 28.2. The van der Waals surface area contributed by atoms with E-state index < -0.39 is 6.10 Å². The molecule has 0 saturated carbocycles. The first-order valence-corrected chi connectivity index (χ1v) is 51.2. The highest BCUT2D eigenvalue weighted by Crippen LogP contribution is 2.41. The largest absolute Gasteiger partial charge is 0.508 e. The van der Waals surface area contributed by atoms with E-state index in [1.807, 2.05) is 302 Å². The molecule has 0 aliphatic carbocycles. The number of aryl methyl sites for hydroxylation is 6. The zero-order valence-electron chi connectivity index (χ0n) is 73.5. The Hall–Kier alpha value is -10.0. The van der Waals surface area contributed by atoms with Crippen LogP contribution in [0.3, 0.4) is 0 Å². The van der Waals surface area contributed by atoms with Crippen LogP contribution in [0.15, 0.2) is 278 Å². The molecule has 6 aromatic heterocycles. The van der Waals surface area contributed by atoms with Crippen LogP contribution in [0.4, 0.5) is 0 Å². The van der Waals surface area contributed by atoms with Gasteiger partial charge in [0.05, 0.1) is 69.9 Å². The second kappa shape index (κ2) is 46.9. The number of rotatable bonds is 24. The van der Waals surface area contributed by atoms with Crippen LogP contribution >= 0.6 is 167 Å². The average Bonchev–Trinajstić information content (AvgIpc) is 1.66. The van der Waals surface area contributed by atoms with Crippen LogP contribution in [0.2, 0.25) is 0 Å². The minimum atomic E-state index is -0.466. The summed E-state index contributed by atoms with van der Waals surface area (Å²) in [5.74, 6) is 4.63. The number of benzene rings is 12. The van der Waals surface area contributed by atoms with Gasteiger partial charge in [-0.3, -0.25) is 28.8 Å². The van der Waals surface area contributed by atoms with E-state index in [1.165, 1.54) is 24.3 Å². The molecule has 135 heavy (non-hydrogen) atoms. The predicted octanol–water partition coefficient (Wildman–Crippen LogP) is 30.1. The number of halogens is 8. The first kappa shape index (κ1) is 102. The molecule has 7 N–H and O–H groups in total. The number of phenolic OH excluding ortho intramolecular Hbond substituents is 6. The number of aromatic hydroxyl groups is 6. The Morgan fingerprint density at radius 1 is 0.281 bits per heavy atom. The van der Waals surface area contributed by atoms with Gasteiger partial charge in [-0.25, -0.2) is 0 Å². The van der Waals surface area contributed by atoms with E-state index in [1.54, 1.807) is 79.7 Å². The number of aliphatic hydroxyl groups is 1. The minimum absolute atomic E-state index is 0.0538.